The number of nitrogens with one attached hydrogen (secondary N) is 1. The summed E-state index contributed by atoms with van der Waals surface area (Å²) in [6.45, 7) is 0. The standard InChI is InChI=1S/C13H11N3O/c17-13(16-12-4-2-8-15-10-12)6-5-11-3-1-7-14-9-11/h1-10H,(H,16,17)/b6-5+. The average molecular weight is 225 g/mol. The number of amides is 1. The van der Waals surface area contributed by atoms with Gasteiger partial charge in [0.25, 0.3) is 0 Å². The number of pyridine rings is 2. The van der Waals surface area contributed by atoms with E-state index in [1.54, 1.807) is 43.0 Å². The Labute approximate surface area is 99.0 Å². The number of rotatable bonds is 3. The van der Waals surface area contributed by atoms with Crippen LogP contribution in [0.4, 0.5) is 5.69 Å². The van der Waals surface area contributed by atoms with Crippen LogP contribution >= 0.6 is 0 Å². The largest absolute Gasteiger partial charge is 0.321 e. The van der Waals surface area contributed by atoms with Gasteiger partial charge < -0.3 is 5.32 Å². The molecule has 0 radical (unpaired) electrons. The SMILES string of the molecule is O=C(/C=C/c1cccnc1)Nc1cccnc1. The van der Waals surface area contributed by atoms with E-state index in [0.717, 1.165) is 5.56 Å². The predicted octanol–water partition coefficient (Wildman–Crippen LogP) is 2.13. The first-order valence-corrected chi connectivity index (χ1v) is 5.14. The highest BCUT2D eigenvalue weighted by Gasteiger charge is 1.96. The molecule has 0 saturated heterocycles. The topological polar surface area (TPSA) is 54.9 Å². The highest BCUT2D eigenvalue weighted by molar-refractivity contribution is 6.01. The maximum Gasteiger partial charge on any atom is 0.248 e. The number of hydrogen-bond acceptors (Lipinski definition) is 3. The molecule has 4 heteroatoms. The third-order valence-electron chi connectivity index (χ3n) is 2.04. The lowest BCUT2D eigenvalue weighted by molar-refractivity contribution is -0.111. The molecule has 0 aliphatic rings. The van der Waals surface area contributed by atoms with Gasteiger partial charge in [-0.15, -0.1) is 0 Å². The summed E-state index contributed by atoms with van der Waals surface area (Å²) in [6, 6.07) is 7.24. The van der Waals surface area contributed by atoms with Crippen molar-refractivity contribution < 1.29 is 4.79 Å². The van der Waals surface area contributed by atoms with E-state index in [-0.39, 0.29) is 5.91 Å². The molecule has 0 aliphatic carbocycles. The Morgan fingerprint density at radius 3 is 2.53 bits per heavy atom. The Bertz CT molecular complexity index is 509. The van der Waals surface area contributed by atoms with Crippen molar-refractivity contribution in [3.05, 3.63) is 60.7 Å². The molecule has 0 aliphatic heterocycles. The molecule has 0 aromatic carbocycles. The van der Waals surface area contributed by atoms with Crippen molar-refractivity contribution in [1.82, 2.24) is 9.97 Å². The van der Waals surface area contributed by atoms with Gasteiger partial charge in [-0.1, -0.05) is 6.07 Å². The molecule has 0 saturated carbocycles. The van der Waals surface area contributed by atoms with Crippen LogP contribution in [0.1, 0.15) is 5.56 Å². The van der Waals surface area contributed by atoms with Gasteiger partial charge in [0.2, 0.25) is 5.91 Å². The number of carbonyl (C=O) groups excluding carboxylic acids is 1. The van der Waals surface area contributed by atoms with E-state index < -0.39 is 0 Å². The van der Waals surface area contributed by atoms with Gasteiger partial charge in [0, 0.05) is 24.7 Å². The maximum absolute atomic E-state index is 11.5. The molecule has 2 rings (SSSR count). The summed E-state index contributed by atoms with van der Waals surface area (Å²) >= 11 is 0. The summed E-state index contributed by atoms with van der Waals surface area (Å²) in [5.41, 5.74) is 1.56. The van der Waals surface area contributed by atoms with Gasteiger partial charge in [-0.25, -0.2) is 0 Å². The Balaban J connectivity index is 1.96. The zero-order chi connectivity index (χ0) is 11.9. The number of nitrogens with zero attached hydrogens (tertiary/aromatic N) is 2. The molecule has 0 spiro atoms. The fourth-order valence-electron chi connectivity index (χ4n) is 1.27. The monoisotopic (exact) mass is 225 g/mol. The average Bonchev–Trinajstić information content (AvgIpc) is 2.39. The molecule has 2 aromatic rings. The fourth-order valence-corrected chi connectivity index (χ4v) is 1.27. The van der Waals surface area contributed by atoms with Gasteiger partial charge in [-0.2, -0.15) is 0 Å². The van der Waals surface area contributed by atoms with E-state index in [2.05, 4.69) is 15.3 Å². The van der Waals surface area contributed by atoms with Crippen LogP contribution < -0.4 is 5.32 Å². The minimum atomic E-state index is -0.193. The van der Waals surface area contributed by atoms with Gasteiger partial charge in [-0.05, 0) is 29.8 Å². The van der Waals surface area contributed by atoms with Gasteiger partial charge >= 0.3 is 0 Å². The molecular weight excluding hydrogens is 214 g/mol. The van der Waals surface area contributed by atoms with Crippen LogP contribution in [-0.4, -0.2) is 15.9 Å². The highest BCUT2D eigenvalue weighted by Crippen LogP contribution is 2.03. The Hall–Kier alpha value is -2.49. The van der Waals surface area contributed by atoms with Crippen molar-refractivity contribution in [1.29, 1.82) is 0 Å². The first kappa shape index (κ1) is 11.0. The Kier molecular flexibility index (Phi) is 3.60. The van der Waals surface area contributed by atoms with Crippen LogP contribution in [0, 0.1) is 0 Å². The Morgan fingerprint density at radius 1 is 1.12 bits per heavy atom. The lowest BCUT2D eigenvalue weighted by Crippen LogP contribution is -2.07. The summed E-state index contributed by atoms with van der Waals surface area (Å²) in [5.74, 6) is -0.193. The lowest BCUT2D eigenvalue weighted by Gasteiger charge is -1.99. The van der Waals surface area contributed by atoms with Crippen LogP contribution in [0.25, 0.3) is 6.08 Å². The van der Waals surface area contributed by atoms with Crippen molar-refractivity contribution in [2.24, 2.45) is 0 Å². The number of anilines is 1. The minimum Gasteiger partial charge on any atom is -0.321 e. The van der Waals surface area contributed by atoms with Crippen LogP contribution in [-0.2, 0) is 4.79 Å². The van der Waals surface area contributed by atoms with Crippen molar-refractivity contribution in [2.75, 3.05) is 5.32 Å². The number of hydrogen-bond donors (Lipinski definition) is 1. The first-order valence-electron chi connectivity index (χ1n) is 5.14. The van der Waals surface area contributed by atoms with Gasteiger partial charge in [-0.3, -0.25) is 14.8 Å². The van der Waals surface area contributed by atoms with Crippen LogP contribution in [0.3, 0.4) is 0 Å². The molecule has 0 fully saturated rings. The van der Waals surface area contributed by atoms with E-state index in [0.29, 0.717) is 5.69 Å². The molecule has 0 atom stereocenters. The molecule has 1 N–H and O–H groups in total. The summed E-state index contributed by atoms with van der Waals surface area (Å²) in [4.78, 5) is 19.4. The quantitative estimate of drug-likeness (QED) is 0.814. The normalized spacial score (nSPS) is 10.4. The lowest BCUT2D eigenvalue weighted by atomic mass is 10.2. The predicted molar refractivity (Wildman–Crippen MR) is 66.1 cm³/mol. The van der Waals surface area contributed by atoms with E-state index in [9.17, 15) is 4.79 Å². The molecule has 2 aromatic heterocycles. The zero-order valence-corrected chi connectivity index (χ0v) is 9.08. The van der Waals surface area contributed by atoms with Gasteiger partial charge in [0.1, 0.15) is 0 Å². The number of carbonyl (C=O) groups is 1. The van der Waals surface area contributed by atoms with Gasteiger partial charge in [0.15, 0.2) is 0 Å². The molecule has 0 bridgehead atoms. The molecule has 1 amide bonds. The smallest absolute Gasteiger partial charge is 0.248 e. The molecule has 0 unspecified atom stereocenters. The summed E-state index contributed by atoms with van der Waals surface area (Å²) in [7, 11) is 0. The van der Waals surface area contributed by atoms with E-state index in [1.165, 1.54) is 6.08 Å². The second-order valence-corrected chi connectivity index (χ2v) is 3.35. The van der Waals surface area contributed by atoms with Crippen molar-refractivity contribution >= 4 is 17.7 Å². The third kappa shape index (κ3) is 3.53. The second kappa shape index (κ2) is 5.55. The summed E-state index contributed by atoms with van der Waals surface area (Å²) in [5, 5.41) is 2.70. The third-order valence-corrected chi connectivity index (χ3v) is 2.04. The van der Waals surface area contributed by atoms with E-state index in [1.807, 2.05) is 12.1 Å². The molecular formula is C13H11N3O. The fraction of sp³-hybridized carbons (Fsp3) is 0. The van der Waals surface area contributed by atoms with Crippen LogP contribution in [0.2, 0.25) is 0 Å². The van der Waals surface area contributed by atoms with Crippen molar-refractivity contribution in [3.8, 4) is 0 Å². The first-order chi connectivity index (χ1) is 8.34. The minimum absolute atomic E-state index is 0.193. The molecule has 4 nitrogen and oxygen atoms in total. The zero-order valence-electron chi connectivity index (χ0n) is 9.08. The van der Waals surface area contributed by atoms with Crippen LogP contribution in [0.5, 0.6) is 0 Å². The summed E-state index contributed by atoms with van der Waals surface area (Å²) < 4.78 is 0. The second-order valence-electron chi connectivity index (χ2n) is 3.35. The van der Waals surface area contributed by atoms with E-state index >= 15 is 0 Å². The van der Waals surface area contributed by atoms with Crippen molar-refractivity contribution in [2.45, 2.75) is 0 Å². The van der Waals surface area contributed by atoms with Gasteiger partial charge in [0.05, 0.1) is 11.9 Å². The van der Waals surface area contributed by atoms with Crippen LogP contribution in [0.15, 0.2) is 55.1 Å². The highest BCUT2D eigenvalue weighted by atomic mass is 16.1. The van der Waals surface area contributed by atoms with E-state index in [4.69, 9.17) is 0 Å². The molecule has 84 valence electrons. The summed E-state index contributed by atoms with van der Waals surface area (Å²) in [6.07, 6.45) is 9.79. The van der Waals surface area contributed by atoms with Crippen molar-refractivity contribution in [3.63, 3.8) is 0 Å². The molecule has 17 heavy (non-hydrogen) atoms. The number of aromatic nitrogens is 2. The molecule has 2 heterocycles. The Morgan fingerprint density at radius 2 is 1.88 bits per heavy atom. The maximum atomic E-state index is 11.5.